The van der Waals surface area contributed by atoms with Gasteiger partial charge in [0.1, 0.15) is 5.75 Å². The number of halogens is 1. The zero-order valence-corrected chi connectivity index (χ0v) is 20.6. The quantitative estimate of drug-likeness (QED) is 0.366. The SMILES string of the molecule is C[C@@H](NC(=O)C(=O)c1ccc2cnn(C)c2c1)[C@](O)(c1ccc(OC2CC2)c(Cl)c1)N1CCCC1. The molecule has 184 valence electrons. The molecule has 3 aromatic rings. The number of nitrogens with one attached hydrogen (secondary N) is 1. The summed E-state index contributed by atoms with van der Waals surface area (Å²) >= 11 is 6.50. The summed E-state index contributed by atoms with van der Waals surface area (Å²) in [6.07, 6.45) is 5.80. The second-order valence-corrected chi connectivity index (χ2v) is 9.86. The highest BCUT2D eigenvalue weighted by atomic mass is 35.5. The third-order valence-electron chi connectivity index (χ3n) is 6.93. The summed E-state index contributed by atoms with van der Waals surface area (Å²) in [7, 11) is 1.78. The molecular formula is C26H29ClN4O4. The van der Waals surface area contributed by atoms with E-state index >= 15 is 0 Å². The molecule has 0 radical (unpaired) electrons. The molecule has 2 aliphatic rings. The monoisotopic (exact) mass is 496 g/mol. The van der Waals surface area contributed by atoms with Gasteiger partial charge in [-0.3, -0.25) is 19.2 Å². The number of aryl methyl sites for hydroxylation is 1. The van der Waals surface area contributed by atoms with E-state index in [0.29, 0.717) is 29.4 Å². The van der Waals surface area contributed by atoms with E-state index in [2.05, 4.69) is 10.4 Å². The molecule has 1 aliphatic heterocycles. The van der Waals surface area contributed by atoms with Crippen LogP contribution < -0.4 is 10.1 Å². The molecule has 2 fully saturated rings. The van der Waals surface area contributed by atoms with Gasteiger partial charge in [0.15, 0.2) is 5.72 Å². The van der Waals surface area contributed by atoms with Crippen LogP contribution in [0.4, 0.5) is 0 Å². The topological polar surface area (TPSA) is 96.7 Å². The van der Waals surface area contributed by atoms with Gasteiger partial charge in [0.05, 0.1) is 28.9 Å². The normalized spacial score (nSPS) is 18.9. The van der Waals surface area contributed by atoms with E-state index in [1.54, 1.807) is 61.2 Å². The lowest BCUT2D eigenvalue weighted by molar-refractivity contribution is -0.139. The van der Waals surface area contributed by atoms with Crippen molar-refractivity contribution in [3.63, 3.8) is 0 Å². The molecule has 2 N–H and O–H groups in total. The van der Waals surface area contributed by atoms with Crippen molar-refractivity contribution < 1.29 is 19.4 Å². The van der Waals surface area contributed by atoms with Crippen molar-refractivity contribution in [2.45, 2.75) is 50.5 Å². The standard InChI is InChI=1S/C26H29ClN4O4/c1-16(29-25(33)24(32)17-5-6-18-15-28-30(2)22(18)13-17)26(34,31-11-3-4-12-31)19-7-10-23(21(27)14-19)35-20-8-9-20/h5-7,10,13-16,20,34H,3-4,8-9,11-12H2,1-2H3,(H,29,33)/t16-,26+/m1/s1. The number of hydrogen-bond donors (Lipinski definition) is 2. The Morgan fingerprint density at radius 3 is 2.63 bits per heavy atom. The maximum absolute atomic E-state index is 13.0. The number of rotatable bonds is 8. The molecule has 1 amide bonds. The Labute approximate surface area is 208 Å². The molecule has 9 heteroatoms. The molecule has 35 heavy (non-hydrogen) atoms. The predicted molar refractivity (Wildman–Crippen MR) is 132 cm³/mol. The lowest BCUT2D eigenvalue weighted by Gasteiger charge is -2.42. The van der Waals surface area contributed by atoms with Crippen molar-refractivity contribution in [3.8, 4) is 5.75 Å². The zero-order valence-electron chi connectivity index (χ0n) is 19.8. The molecule has 0 spiro atoms. The largest absolute Gasteiger partial charge is 0.489 e. The number of aromatic nitrogens is 2. The van der Waals surface area contributed by atoms with Crippen LogP contribution >= 0.6 is 11.6 Å². The Bertz CT molecular complexity index is 1280. The number of Topliss-reactive ketones (excluding diaryl/α,β-unsaturated/α-hetero) is 1. The van der Waals surface area contributed by atoms with Crippen LogP contribution in [0.2, 0.25) is 5.02 Å². The van der Waals surface area contributed by atoms with Crippen molar-refractivity contribution >= 4 is 34.2 Å². The molecule has 1 saturated carbocycles. The molecule has 1 aromatic heterocycles. The molecule has 0 bridgehead atoms. The molecule has 8 nitrogen and oxygen atoms in total. The van der Waals surface area contributed by atoms with Crippen molar-refractivity contribution in [1.29, 1.82) is 0 Å². The maximum Gasteiger partial charge on any atom is 0.292 e. The number of ether oxygens (including phenoxy) is 1. The summed E-state index contributed by atoms with van der Waals surface area (Å²) in [5.74, 6) is -0.870. The summed E-state index contributed by atoms with van der Waals surface area (Å²) < 4.78 is 7.49. The molecule has 0 unspecified atom stereocenters. The van der Waals surface area contributed by atoms with E-state index in [-0.39, 0.29) is 11.7 Å². The van der Waals surface area contributed by atoms with Crippen LogP contribution in [0.3, 0.4) is 0 Å². The first-order valence-electron chi connectivity index (χ1n) is 12.0. The van der Waals surface area contributed by atoms with Gasteiger partial charge >= 0.3 is 0 Å². The molecule has 2 heterocycles. The molecule has 2 aromatic carbocycles. The Kier molecular flexibility index (Phi) is 6.29. The van der Waals surface area contributed by atoms with Gasteiger partial charge in [-0.1, -0.05) is 29.8 Å². The number of benzene rings is 2. The minimum atomic E-state index is -1.54. The fraction of sp³-hybridized carbons (Fsp3) is 0.423. The highest BCUT2D eigenvalue weighted by Crippen LogP contribution is 2.38. The van der Waals surface area contributed by atoms with Gasteiger partial charge in [0, 0.05) is 36.7 Å². The summed E-state index contributed by atoms with van der Waals surface area (Å²) in [6.45, 7) is 3.04. The number of aliphatic hydroxyl groups is 1. The van der Waals surface area contributed by atoms with Crippen LogP contribution in [0.1, 0.15) is 48.5 Å². The molecule has 5 rings (SSSR count). The van der Waals surface area contributed by atoms with Crippen LogP contribution in [0.25, 0.3) is 10.9 Å². The van der Waals surface area contributed by atoms with Crippen molar-refractivity contribution in [1.82, 2.24) is 20.0 Å². The van der Waals surface area contributed by atoms with Crippen LogP contribution in [-0.2, 0) is 17.6 Å². The lowest BCUT2D eigenvalue weighted by atomic mass is 9.93. The van der Waals surface area contributed by atoms with Gasteiger partial charge < -0.3 is 15.2 Å². The lowest BCUT2D eigenvalue weighted by Crippen LogP contribution is -2.59. The predicted octanol–water partition coefficient (Wildman–Crippen LogP) is 3.40. The molecular weight excluding hydrogens is 468 g/mol. The third-order valence-corrected chi connectivity index (χ3v) is 7.23. The highest BCUT2D eigenvalue weighted by Gasteiger charge is 2.44. The van der Waals surface area contributed by atoms with Crippen LogP contribution in [0.15, 0.2) is 42.6 Å². The fourth-order valence-corrected chi connectivity index (χ4v) is 4.96. The Hall–Kier alpha value is -2.94. The smallest absolute Gasteiger partial charge is 0.292 e. The van der Waals surface area contributed by atoms with E-state index in [4.69, 9.17) is 16.3 Å². The van der Waals surface area contributed by atoms with Crippen molar-refractivity contribution in [2.24, 2.45) is 7.05 Å². The van der Waals surface area contributed by atoms with Crippen LogP contribution in [-0.4, -0.2) is 56.7 Å². The van der Waals surface area contributed by atoms with Crippen molar-refractivity contribution in [2.75, 3.05) is 13.1 Å². The fourth-order valence-electron chi connectivity index (χ4n) is 4.73. The zero-order chi connectivity index (χ0) is 24.7. The number of fused-ring (bicyclic) bond motifs is 1. The number of carbonyl (C=O) groups excluding carboxylic acids is 2. The van der Waals surface area contributed by atoms with Gasteiger partial charge in [-0.2, -0.15) is 5.10 Å². The first-order chi connectivity index (χ1) is 16.8. The van der Waals surface area contributed by atoms with Crippen LogP contribution in [0.5, 0.6) is 5.75 Å². The van der Waals surface area contributed by atoms with Gasteiger partial charge in [0.2, 0.25) is 5.78 Å². The first-order valence-corrected chi connectivity index (χ1v) is 12.4. The average molecular weight is 497 g/mol. The second-order valence-electron chi connectivity index (χ2n) is 9.45. The highest BCUT2D eigenvalue weighted by molar-refractivity contribution is 6.43. The number of likely N-dealkylation sites (tertiary alicyclic amines) is 1. The number of ketones is 1. The minimum absolute atomic E-state index is 0.200. The summed E-state index contributed by atoms with van der Waals surface area (Å²) in [4.78, 5) is 27.9. The Morgan fingerprint density at radius 1 is 1.20 bits per heavy atom. The Morgan fingerprint density at radius 2 is 1.94 bits per heavy atom. The number of carbonyl (C=O) groups is 2. The van der Waals surface area contributed by atoms with Gasteiger partial charge in [-0.15, -0.1) is 0 Å². The van der Waals surface area contributed by atoms with Gasteiger partial charge in [-0.25, -0.2) is 0 Å². The van der Waals surface area contributed by atoms with E-state index in [1.807, 2.05) is 4.90 Å². The van der Waals surface area contributed by atoms with Crippen LogP contribution in [0, 0.1) is 0 Å². The number of hydrogen-bond acceptors (Lipinski definition) is 6. The van der Waals surface area contributed by atoms with Crippen molar-refractivity contribution in [3.05, 3.63) is 58.7 Å². The molecule has 2 atom stereocenters. The minimum Gasteiger partial charge on any atom is -0.489 e. The summed E-state index contributed by atoms with van der Waals surface area (Å²) in [6, 6.07) is 9.48. The first kappa shape index (κ1) is 23.8. The van der Waals surface area contributed by atoms with Gasteiger partial charge in [-0.05, 0) is 50.8 Å². The third kappa shape index (κ3) is 4.53. The average Bonchev–Trinajstić information content (AvgIpc) is 3.34. The van der Waals surface area contributed by atoms with Gasteiger partial charge in [0.25, 0.3) is 5.91 Å². The molecule has 1 aliphatic carbocycles. The maximum atomic E-state index is 13.0. The van der Waals surface area contributed by atoms with E-state index in [0.717, 1.165) is 36.6 Å². The van der Waals surface area contributed by atoms with E-state index < -0.39 is 23.5 Å². The second kappa shape index (κ2) is 9.26. The number of nitrogens with zero attached hydrogens (tertiary/aromatic N) is 3. The number of amides is 1. The van der Waals surface area contributed by atoms with E-state index in [1.165, 1.54) is 0 Å². The molecule has 1 saturated heterocycles. The Balaban J connectivity index is 1.39. The summed E-state index contributed by atoms with van der Waals surface area (Å²) in [5, 5.41) is 20.2. The summed E-state index contributed by atoms with van der Waals surface area (Å²) in [5.41, 5.74) is 0.0258. The van der Waals surface area contributed by atoms with E-state index in [9.17, 15) is 14.7 Å².